The number of H-pyrrole nitrogens is 2. The molecule has 4 heterocycles. The van der Waals surface area contributed by atoms with Gasteiger partial charge in [0.05, 0.1) is 37.9 Å². The molecule has 3 aromatic heterocycles. The standard InChI is InChI=1S/C14H15N5O3/c20-11(17-5-14(21)6-22-7-14)3-10-18-9-4-16-13-8(1-2-15-13)12(9)19-10/h1-2,4,21H,3,5-7H2,(H,15,16)(H,17,20)(H,18,19). The first-order valence-electron chi connectivity index (χ1n) is 7.00. The Labute approximate surface area is 124 Å². The molecule has 1 saturated heterocycles. The van der Waals surface area contributed by atoms with Gasteiger partial charge in [-0.25, -0.2) is 9.97 Å². The second-order valence-corrected chi connectivity index (χ2v) is 5.61. The first-order valence-corrected chi connectivity index (χ1v) is 7.00. The lowest BCUT2D eigenvalue weighted by atomic mass is 10.0. The Bertz CT molecular complexity index is 849. The molecular formula is C14H15N5O3. The van der Waals surface area contributed by atoms with Crippen LogP contribution in [0.2, 0.25) is 0 Å². The summed E-state index contributed by atoms with van der Waals surface area (Å²) in [5, 5.41) is 13.5. The number of ether oxygens (including phenoxy) is 1. The van der Waals surface area contributed by atoms with Crippen LogP contribution in [0, 0.1) is 0 Å². The maximum absolute atomic E-state index is 11.9. The zero-order valence-corrected chi connectivity index (χ0v) is 11.7. The van der Waals surface area contributed by atoms with Crippen molar-refractivity contribution in [1.29, 1.82) is 0 Å². The quantitative estimate of drug-likeness (QED) is 0.535. The Morgan fingerprint density at radius 1 is 1.50 bits per heavy atom. The Morgan fingerprint density at radius 2 is 2.36 bits per heavy atom. The molecule has 114 valence electrons. The van der Waals surface area contributed by atoms with Gasteiger partial charge in [0.2, 0.25) is 5.91 Å². The van der Waals surface area contributed by atoms with E-state index in [1.165, 1.54) is 0 Å². The van der Waals surface area contributed by atoms with Crippen LogP contribution in [-0.4, -0.2) is 56.3 Å². The molecule has 1 amide bonds. The average molecular weight is 301 g/mol. The lowest BCUT2D eigenvalue weighted by Gasteiger charge is -2.36. The number of nitrogens with zero attached hydrogens (tertiary/aromatic N) is 2. The van der Waals surface area contributed by atoms with Crippen molar-refractivity contribution in [2.45, 2.75) is 12.0 Å². The molecule has 0 bridgehead atoms. The Hall–Kier alpha value is -2.45. The van der Waals surface area contributed by atoms with Gasteiger partial charge in [-0.15, -0.1) is 0 Å². The van der Waals surface area contributed by atoms with E-state index in [1.54, 1.807) is 12.4 Å². The zero-order chi connectivity index (χ0) is 15.2. The van der Waals surface area contributed by atoms with Crippen LogP contribution in [-0.2, 0) is 16.0 Å². The second-order valence-electron chi connectivity index (χ2n) is 5.61. The fraction of sp³-hybridized carbons (Fsp3) is 0.357. The lowest BCUT2D eigenvalue weighted by molar-refractivity contribution is -0.176. The molecular weight excluding hydrogens is 286 g/mol. The minimum atomic E-state index is -0.926. The summed E-state index contributed by atoms with van der Waals surface area (Å²) in [5.74, 6) is 0.373. The van der Waals surface area contributed by atoms with Gasteiger partial charge in [0, 0.05) is 11.6 Å². The van der Waals surface area contributed by atoms with Crippen LogP contribution in [0.1, 0.15) is 5.82 Å². The third-order valence-corrected chi connectivity index (χ3v) is 3.77. The summed E-state index contributed by atoms with van der Waals surface area (Å²) in [4.78, 5) is 26.8. The van der Waals surface area contributed by atoms with Crippen LogP contribution in [0.3, 0.4) is 0 Å². The van der Waals surface area contributed by atoms with E-state index in [2.05, 4.69) is 25.3 Å². The van der Waals surface area contributed by atoms with Crippen molar-refractivity contribution in [3.63, 3.8) is 0 Å². The minimum Gasteiger partial charge on any atom is -0.383 e. The highest BCUT2D eigenvalue weighted by molar-refractivity contribution is 6.00. The fourth-order valence-corrected chi connectivity index (χ4v) is 2.53. The summed E-state index contributed by atoms with van der Waals surface area (Å²) in [6.07, 6.45) is 3.62. The number of aromatic amines is 2. The number of aliphatic hydroxyl groups is 1. The van der Waals surface area contributed by atoms with Crippen LogP contribution >= 0.6 is 0 Å². The number of amides is 1. The van der Waals surface area contributed by atoms with Crippen LogP contribution < -0.4 is 5.32 Å². The first-order chi connectivity index (χ1) is 10.6. The van der Waals surface area contributed by atoms with Gasteiger partial charge < -0.3 is 25.1 Å². The Kier molecular flexibility index (Phi) is 2.88. The van der Waals surface area contributed by atoms with Gasteiger partial charge in [-0.1, -0.05) is 0 Å². The van der Waals surface area contributed by atoms with Gasteiger partial charge in [0.15, 0.2) is 0 Å². The van der Waals surface area contributed by atoms with Crippen LogP contribution in [0.15, 0.2) is 18.5 Å². The summed E-state index contributed by atoms with van der Waals surface area (Å²) in [6, 6.07) is 1.90. The maximum atomic E-state index is 11.9. The van der Waals surface area contributed by atoms with E-state index in [-0.39, 0.29) is 32.1 Å². The maximum Gasteiger partial charge on any atom is 0.227 e. The smallest absolute Gasteiger partial charge is 0.227 e. The summed E-state index contributed by atoms with van der Waals surface area (Å²) in [5.41, 5.74) is 1.42. The van der Waals surface area contributed by atoms with Crippen molar-refractivity contribution in [3.05, 3.63) is 24.3 Å². The number of nitrogens with one attached hydrogen (secondary N) is 3. The topological polar surface area (TPSA) is 116 Å². The van der Waals surface area contributed by atoms with E-state index in [4.69, 9.17) is 4.74 Å². The number of carbonyl (C=O) groups excluding carboxylic acids is 1. The number of fused-ring (bicyclic) bond motifs is 3. The molecule has 1 aliphatic rings. The molecule has 8 heteroatoms. The molecule has 1 fully saturated rings. The largest absolute Gasteiger partial charge is 0.383 e. The molecule has 8 nitrogen and oxygen atoms in total. The van der Waals surface area contributed by atoms with Gasteiger partial charge in [0.25, 0.3) is 0 Å². The van der Waals surface area contributed by atoms with Gasteiger partial charge in [-0.3, -0.25) is 4.79 Å². The summed E-state index contributed by atoms with van der Waals surface area (Å²) < 4.78 is 4.93. The van der Waals surface area contributed by atoms with Crippen molar-refractivity contribution < 1.29 is 14.6 Å². The van der Waals surface area contributed by atoms with Gasteiger partial charge >= 0.3 is 0 Å². The molecule has 3 aromatic rings. The molecule has 0 radical (unpaired) electrons. The molecule has 0 aliphatic carbocycles. The van der Waals surface area contributed by atoms with Crippen LogP contribution in [0.4, 0.5) is 0 Å². The zero-order valence-electron chi connectivity index (χ0n) is 11.7. The predicted octanol–water partition coefficient (Wildman–Crippen LogP) is -0.141. The molecule has 0 aromatic carbocycles. The number of carbonyl (C=O) groups is 1. The average Bonchev–Trinajstić information content (AvgIpc) is 3.07. The van der Waals surface area contributed by atoms with E-state index in [0.29, 0.717) is 5.82 Å². The Balaban J connectivity index is 1.50. The molecule has 0 unspecified atom stereocenters. The van der Waals surface area contributed by atoms with Crippen molar-refractivity contribution in [3.8, 4) is 0 Å². The van der Waals surface area contributed by atoms with E-state index >= 15 is 0 Å². The first kappa shape index (κ1) is 13.2. The minimum absolute atomic E-state index is 0.123. The van der Waals surface area contributed by atoms with E-state index in [0.717, 1.165) is 22.1 Å². The number of hydrogen-bond acceptors (Lipinski definition) is 5. The monoisotopic (exact) mass is 301 g/mol. The SMILES string of the molecule is O=C(Cc1nc2c(cnc3[nH]ccc32)[nH]1)NCC1(O)COC1. The normalized spacial score (nSPS) is 16.8. The number of rotatable bonds is 4. The molecule has 4 N–H and O–H groups in total. The molecule has 0 atom stereocenters. The number of pyridine rings is 1. The Morgan fingerprint density at radius 3 is 3.14 bits per heavy atom. The summed E-state index contributed by atoms with van der Waals surface area (Å²) in [7, 11) is 0. The molecule has 1 aliphatic heterocycles. The number of hydrogen-bond donors (Lipinski definition) is 4. The van der Waals surface area contributed by atoms with Crippen molar-refractivity contribution in [2.75, 3.05) is 19.8 Å². The predicted molar refractivity (Wildman–Crippen MR) is 78.2 cm³/mol. The third-order valence-electron chi connectivity index (χ3n) is 3.77. The van der Waals surface area contributed by atoms with E-state index in [9.17, 15) is 9.90 Å². The highest BCUT2D eigenvalue weighted by atomic mass is 16.5. The molecule has 22 heavy (non-hydrogen) atoms. The van der Waals surface area contributed by atoms with Gasteiger partial charge in [-0.05, 0) is 6.07 Å². The second kappa shape index (κ2) is 4.79. The van der Waals surface area contributed by atoms with Crippen LogP contribution in [0.5, 0.6) is 0 Å². The highest BCUT2D eigenvalue weighted by Gasteiger charge is 2.36. The molecule has 4 rings (SSSR count). The van der Waals surface area contributed by atoms with Crippen LogP contribution in [0.25, 0.3) is 22.1 Å². The van der Waals surface area contributed by atoms with Gasteiger partial charge in [0.1, 0.15) is 22.6 Å². The molecule has 0 saturated carbocycles. The van der Waals surface area contributed by atoms with Gasteiger partial charge in [-0.2, -0.15) is 0 Å². The highest BCUT2D eigenvalue weighted by Crippen LogP contribution is 2.20. The van der Waals surface area contributed by atoms with E-state index < -0.39 is 5.60 Å². The third kappa shape index (κ3) is 2.22. The lowest BCUT2D eigenvalue weighted by Crippen LogP contribution is -2.57. The summed E-state index contributed by atoms with van der Waals surface area (Å²) in [6.45, 7) is 0.708. The van der Waals surface area contributed by atoms with Crippen molar-refractivity contribution >= 4 is 28.0 Å². The number of aromatic nitrogens is 4. The van der Waals surface area contributed by atoms with E-state index in [1.807, 2.05) is 6.07 Å². The van der Waals surface area contributed by atoms with Crippen molar-refractivity contribution in [1.82, 2.24) is 25.3 Å². The summed E-state index contributed by atoms with van der Waals surface area (Å²) >= 11 is 0. The fourth-order valence-electron chi connectivity index (χ4n) is 2.53. The van der Waals surface area contributed by atoms with Crippen molar-refractivity contribution in [2.24, 2.45) is 0 Å². The number of imidazole rings is 1. The molecule has 0 spiro atoms.